The van der Waals surface area contributed by atoms with E-state index in [4.69, 9.17) is 19.2 Å². The molecule has 0 radical (unpaired) electrons. The average Bonchev–Trinajstić information content (AvgIpc) is 3.36. The molecule has 0 aliphatic carbocycles. The third-order valence-electron chi connectivity index (χ3n) is 7.35. The average molecular weight is 568 g/mol. The largest absolute Gasteiger partial charge is 0.493 e. The van der Waals surface area contributed by atoms with Gasteiger partial charge in [-0.2, -0.15) is 4.68 Å². The summed E-state index contributed by atoms with van der Waals surface area (Å²) in [4.78, 5) is 32.2. The van der Waals surface area contributed by atoms with Crippen LogP contribution in [0.2, 0.25) is 0 Å². The number of thioether (sulfide) groups is 1. The van der Waals surface area contributed by atoms with Gasteiger partial charge in [0.25, 0.3) is 11.5 Å². The fraction of sp³-hybridized carbons (Fsp3) is 0.516. The number of amides is 1. The second kappa shape index (κ2) is 14.4. The van der Waals surface area contributed by atoms with Gasteiger partial charge in [-0.25, -0.2) is 9.99 Å². The Hall–Kier alpha value is -3.20. The lowest BCUT2D eigenvalue weighted by Gasteiger charge is -2.28. The zero-order valence-corrected chi connectivity index (χ0v) is 24.9. The Labute approximate surface area is 241 Å². The minimum absolute atomic E-state index is 0.142. The van der Waals surface area contributed by atoms with E-state index in [0.29, 0.717) is 40.4 Å². The van der Waals surface area contributed by atoms with E-state index in [1.807, 2.05) is 30.3 Å². The Bertz CT molecular complexity index is 1330. The molecular weight excluding hydrogens is 526 g/mol. The van der Waals surface area contributed by atoms with Crippen molar-refractivity contribution in [2.24, 2.45) is 0 Å². The summed E-state index contributed by atoms with van der Waals surface area (Å²) < 4.78 is 18.1. The fourth-order valence-electron chi connectivity index (χ4n) is 5.26. The molecule has 0 spiro atoms. The van der Waals surface area contributed by atoms with Gasteiger partial charge in [-0.1, -0.05) is 70.4 Å². The van der Waals surface area contributed by atoms with E-state index in [2.05, 4.69) is 6.92 Å². The number of hydrogen-bond donors (Lipinski definition) is 0. The Morgan fingerprint density at radius 2 is 1.50 bits per heavy atom. The van der Waals surface area contributed by atoms with Gasteiger partial charge in [0.1, 0.15) is 11.2 Å². The Kier molecular flexibility index (Phi) is 10.7. The monoisotopic (exact) mass is 567 g/mol. The van der Waals surface area contributed by atoms with Crippen molar-refractivity contribution in [2.45, 2.75) is 76.5 Å². The van der Waals surface area contributed by atoms with Crippen LogP contribution in [0.5, 0.6) is 17.2 Å². The first kappa shape index (κ1) is 29.8. The van der Waals surface area contributed by atoms with Gasteiger partial charge in [0.15, 0.2) is 11.5 Å². The molecule has 1 saturated heterocycles. The Balaban J connectivity index is 1.64. The van der Waals surface area contributed by atoms with E-state index in [0.717, 1.165) is 24.8 Å². The molecule has 4 rings (SSSR count). The number of ether oxygens (including phenoxy) is 3. The number of aromatic nitrogens is 2. The predicted molar refractivity (Wildman–Crippen MR) is 161 cm³/mol. The molecular formula is C31H41N3O5S. The number of methoxy groups -OCH3 is 3. The highest BCUT2D eigenvalue weighted by Crippen LogP contribution is 2.45. The van der Waals surface area contributed by atoms with E-state index < -0.39 is 5.37 Å². The highest BCUT2D eigenvalue weighted by atomic mass is 32.2. The molecule has 8 nitrogen and oxygen atoms in total. The number of nitrogens with zero attached hydrogens (tertiary/aromatic N) is 3. The third-order valence-corrected chi connectivity index (χ3v) is 8.56. The van der Waals surface area contributed by atoms with E-state index in [-0.39, 0.29) is 17.2 Å². The summed E-state index contributed by atoms with van der Waals surface area (Å²) in [5.41, 5.74) is 1.20. The normalized spacial score (nSPS) is 15.2. The first-order valence-corrected chi connectivity index (χ1v) is 15.3. The molecule has 0 bridgehead atoms. The number of rotatable bonds is 15. The number of benzene rings is 2. The zero-order chi connectivity index (χ0) is 28.5. The van der Waals surface area contributed by atoms with Crippen LogP contribution in [0.4, 0.5) is 0 Å². The van der Waals surface area contributed by atoms with E-state index in [1.54, 1.807) is 32.4 Å². The summed E-state index contributed by atoms with van der Waals surface area (Å²) in [6, 6.07) is 11.0. The highest BCUT2D eigenvalue weighted by Gasteiger charge is 2.38. The number of fused-ring (bicyclic) bond motifs is 1. The maximum Gasteiger partial charge on any atom is 0.280 e. The highest BCUT2D eigenvalue weighted by molar-refractivity contribution is 8.00. The lowest BCUT2D eigenvalue weighted by molar-refractivity contribution is -0.117. The van der Waals surface area contributed by atoms with Gasteiger partial charge in [0, 0.05) is 6.42 Å². The van der Waals surface area contributed by atoms with E-state index in [1.165, 1.54) is 55.0 Å². The van der Waals surface area contributed by atoms with Crippen molar-refractivity contribution in [1.29, 1.82) is 0 Å². The van der Waals surface area contributed by atoms with Crippen LogP contribution in [0, 0.1) is 0 Å². The molecule has 216 valence electrons. The minimum atomic E-state index is -0.455. The van der Waals surface area contributed by atoms with Gasteiger partial charge in [-0.05, 0) is 36.2 Å². The van der Waals surface area contributed by atoms with Crippen molar-refractivity contribution in [3.8, 4) is 17.2 Å². The van der Waals surface area contributed by atoms with Gasteiger partial charge in [0.05, 0.1) is 38.0 Å². The summed E-state index contributed by atoms with van der Waals surface area (Å²) in [5, 5.41) is 1.60. The third kappa shape index (κ3) is 6.57. The van der Waals surface area contributed by atoms with E-state index >= 15 is 0 Å². The van der Waals surface area contributed by atoms with Crippen LogP contribution in [0.1, 0.15) is 81.5 Å². The van der Waals surface area contributed by atoms with Crippen LogP contribution in [0.15, 0.2) is 41.2 Å². The topological polar surface area (TPSA) is 82.9 Å². The summed E-state index contributed by atoms with van der Waals surface area (Å²) in [5.74, 6) is 2.19. The molecule has 1 aliphatic heterocycles. The molecule has 1 fully saturated rings. The lowest BCUT2D eigenvalue weighted by Crippen LogP contribution is -2.47. The molecule has 0 N–H and O–H groups in total. The fourth-order valence-corrected chi connectivity index (χ4v) is 6.38. The molecule has 1 amide bonds. The molecule has 1 aromatic heterocycles. The quantitative estimate of drug-likeness (QED) is 0.196. The smallest absolute Gasteiger partial charge is 0.280 e. The van der Waals surface area contributed by atoms with Crippen molar-refractivity contribution in [3.63, 3.8) is 0 Å². The Morgan fingerprint density at radius 3 is 2.12 bits per heavy atom. The van der Waals surface area contributed by atoms with Crippen molar-refractivity contribution in [2.75, 3.05) is 32.1 Å². The van der Waals surface area contributed by atoms with Gasteiger partial charge in [-0.3, -0.25) is 9.59 Å². The molecule has 2 aromatic carbocycles. The van der Waals surface area contributed by atoms with Crippen LogP contribution in [-0.4, -0.2) is 42.6 Å². The van der Waals surface area contributed by atoms with Crippen LogP contribution in [-0.2, 0) is 11.2 Å². The summed E-state index contributed by atoms with van der Waals surface area (Å²) in [6.45, 7) is 2.24. The number of unbranched alkanes of at least 4 members (excludes halogenated alkanes) is 8. The molecule has 1 atom stereocenters. The summed E-state index contributed by atoms with van der Waals surface area (Å²) in [7, 11) is 4.68. The maximum atomic E-state index is 13.9. The van der Waals surface area contributed by atoms with Gasteiger partial charge >= 0.3 is 0 Å². The molecule has 3 aromatic rings. The number of aryl methyl sites for hydroxylation is 1. The predicted octanol–water partition coefficient (Wildman–Crippen LogP) is 6.41. The van der Waals surface area contributed by atoms with Crippen molar-refractivity contribution < 1.29 is 19.0 Å². The van der Waals surface area contributed by atoms with Gasteiger partial charge < -0.3 is 14.2 Å². The van der Waals surface area contributed by atoms with Crippen molar-refractivity contribution >= 4 is 28.6 Å². The first-order chi connectivity index (χ1) is 19.5. The number of para-hydroxylation sites is 1. The second-order valence-electron chi connectivity index (χ2n) is 10.1. The second-order valence-corrected chi connectivity index (χ2v) is 11.2. The maximum absolute atomic E-state index is 13.9. The van der Waals surface area contributed by atoms with Crippen LogP contribution in [0.25, 0.3) is 10.9 Å². The number of carbonyl (C=O) groups is 1. The first-order valence-electron chi connectivity index (χ1n) is 14.3. The minimum Gasteiger partial charge on any atom is -0.493 e. The van der Waals surface area contributed by atoms with Crippen LogP contribution >= 0.6 is 11.8 Å². The molecule has 1 aliphatic rings. The summed E-state index contributed by atoms with van der Waals surface area (Å²) in [6.07, 6.45) is 11.5. The van der Waals surface area contributed by atoms with Gasteiger partial charge in [-0.15, -0.1) is 11.8 Å². The van der Waals surface area contributed by atoms with Crippen LogP contribution < -0.4 is 24.8 Å². The molecule has 40 heavy (non-hydrogen) atoms. The number of hydrogen-bond acceptors (Lipinski definition) is 7. The molecule has 9 heteroatoms. The standard InChI is InChI=1S/C31H41N3O5S/c1-5-6-7-8-9-10-11-12-13-18-27-32-24-17-15-14-16-23(24)30(36)33(27)34-28(35)21-40-31(34)22-19-25(37-2)29(39-4)26(20-22)38-3/h14-17,19-20,31H,5-13,18,21H2,1-4H3. The Morgan fingerprint density at radius 1 is 0.875 bits per heavy atom. The van der Waals surface area contributed by atoms with Crippen molar-refractivity contribution in [3.05, 3.63) is 58.1 Å². The number of carbonyl (C=O) groups excluding carboxylic acids is 1. The molecule has 0 saturated carbocycles. The SMILES string of the molecule is CCCCCCCCCCCc1nc2ccccc2c(=O)n1N1C(=O)CSC1c1cc(OC)c(OC)c(OC)c1. The van der Waals surface area contributed by atoms with Gasteiger partial charge in [0.2, 0.25) is 5.75 Å². The molecule has 2 heterocycles. The van der Waals surface area contributed by atoms with Crippen LogP contribution in [0.3, 0.4) is 0 Å². The zero-order valence-electron chi connectivity index (χ0n) is 24.1. The van der Waals surface area contributed by atoms with E-state index in [9.17, 15) is 9.59 Å². The molecule has 1 unspecified atom stereocenters. The van der Waals surface area contributed by atoms with Crippen molar-refractivity contribution in [1.82, 2.24) is 9.66 Å². The summed E-state index contributed by atoms with van der Waals surface area (Å²) >= 11 is 1.46. The lowest BCUT2D eigenvalue weighted by atomic mass is 10.1.